The number of carbonyl (C=O) groups excluding carboxylic acids is 2. The smallest absolute Gasteiger partial charge is 0.251 e. The minimum atomic E-state index is -0.931. The summed E-state index contributed by atoms with van der Waals surface area (Å²) >= 11 is 0. The predicted octanol–water partition coefficient (Wildman–Crippen LogP) is 3.58. The number of nitrogens with zero attached hydrogens (tertiary/aromatic N) is 1. The fourth-order valence-corrected chi connectivity index (χ4v) is 4.19. The van der Waals surface area contributed by atoms with Crippen molar-refractivity contribution in [2.45, 2.75) is 45.3 Å². The van der Waals surface area contributed by atoms with E-state index in [4.69, 9.17) is 14.5 Å². The Morgan fingerprint density at radius 2 is 1.93 bits per heavy atom. The van der Waals surface area contributed by atoms with Crippen molar-refractivity contribution in [2.75, 3.05) is 14.2 Å². The maximum Gasteiger partial charge on any atom is 0.251 e. The number of aliphatic imine (C=N–C) groups is 1. The van der Waals surface area contributed by atoms with Crippen LogP contribution < -0.4 is 14.8 Å². The predicted molar refractivity (Wildman–Crippen MR) is 115 cm³/mol. The fraction of sp³-hybridized carbons (Fsp3) is 0.375. The van der Waals surface area contributed by atoms with Crippen molar-refractivity contribution in [2.24, 2.45) is 4.99 Å². The third-order valence-electron chi connectivity index (χ3n) is 5.60. The van der Waals surface area contributed by atoms with Crippen LogP contribution in [0, 0.1) is 0 Å². The highest BCUT2D eigenvalue weighted by Gasteiger charge is 2.43. The number of methoxy groups -OCH3 is 1. The van der Waals surface area contributed by atoms with E-state index in [-0.39, 0.29) is 11.7 Å². The highest BCUT2D eigenvalue weighted by Crippen LogP contribution is 2.47. The minimum Gasteiger partial charge on any atom is -0.493 e. The largest absolute Gasteiger partial charge is 0.493 e. The monoisotopic (exact) mass is 406 g/mol. The van der Waals surface area contributed by atoms with E-state index in [0.717, 1.165) is 16.7 Å². The summed E-state index contributed by atoms with van der Waals surface area (Å²) in [5.74, 6) is 0.977. The molecule has 2 aliphatic heterocycles. The molecule has 0 saturated heterocycles. The van der Waals surface area contributed by atoms with E-state index in [0.29, 0.717) is 34.8 Å². The van der Waals surface area contributed by atoms with Crippen LogP contribution >= 0.6 is 0 Å². The second-order valence-corrected chi connectivity index (χ2v) is 8.86. The molecule has 30 heavy (non-hydrogen) atoms. The highest BCUT2D eigenvalue weighted by molar-refractivity contribution is 6.25. The lowest BCUT2D eigenvalue weighted by Gasteiger charge is -2.29. The quantitative estimate of drug-likeness (QED) is 0.845. The van der Waals surface area contributed by atoms with E-state index in [2.05, 4.69) is 5.32 Å². The summed E-state index contributed by atoms with van der Waals surface area (Å²) in [7, 11) is 3.18. The number of amides is 1. The van der Waals surface area contributed by atoms with Crippen LogP contribution in [0.2, 0.25) is 0 Å². The number of Topliss-reactive ketones (excluding diaryl/α,β-unsaturated/α-hetero) is 1. The van der Waals surface area contributed by atoms with Crippen molar-refractivity contribution in [1.29, 1.82) is 0 Å². The summed E-state index contributed by atoms with van der Waals surface area (Å²) in [6.45, 7) is 7.63. The second-order valence-electron chi connectivity index (χ2n) is 8.86. The molecule has 0 fully saturated rings. The van der Waals surface area contributed by atoms with Gasteiger partial charge in [0.25, 0.3) is 5.91 Å². The fourth-order valence-electron chi connectivity index (χ4n) is 4.19. The van der Waals surface area contributed by atoms with E-state index in [1.807, 2.05) is 32.0 Å². The summed E-state index contributed by atoms with van der Waals surface area (Å²) in [4.78, 5) is 30.3. The Hall–Kier alpha value is -3.15. The number of ketones is 1. The van der Waals surface area contributed by atoms with Crippen molar-refractivity contribution in [3.05, 3.63) is 58.1 Å². The van der Waals surface area contributed by atoms with Crippen LogP contribution in [0.3, 0.4) is 0 Å². The van der Waals surface area contributed by atoms with Gasteiger partial charge in [0.05, 0.1) is 12.8 Å². The Labute approximate surface area is 176 Å². The normalized spacial score (nSPS) is 18.1. The third-order valence-corrected chi connectivity index (χ3v) is 5.60. The highest BCUT2D eigenvalue weighted by atomic mass is 16.5. The Morgan fingerprint density at radius 1 is 1.20 bits per heavy atom. The number of rotatable bonds is 3. The second kappa shape index (κ2) is 6.69. The molecular formula is C24H26N2O4. The maximum absolute atomic E-state index is 13.3. The molecule has 4 rings (SSSR count). The number of hydrogen-bond acceptors (Lipinski definition) is 5. The zero-order valence-corrected chi connectivity index (χ0v) is 18.2. The number of benzene rings is 2. The van der Waals surface area contributed by atoms with E-state index in [1.165, 1.54) is 0 Å². The molecule has 0 unspecified atom stereocenters. The molecule has 6 heteroatoms. The molecule has 0 saturated carbocycles. The Bertz CT molecular complexity index is 1110. The van der Waals surface area contributed by atoms with Crippen LogP contribution in [0.4, 0.5) is 0 Å². The van der Waals surface area contributed by atoms with Gasteiger partial charge in [-0.2, -0.15) is 0 Å². The van der Waals surface area contributed by atoms with Gasteiger partial charge in [-0.05, 0) is 45.9 Å². The first-order chi connectivity index (χ1) is 14.1. The molecule has 0 bridgehead atoms. The number of ether oxygens (including phenoxy) is 2. The molecular weight excluding hydrogens is 380 g/mol. The first-order valence-corrected chi connectivity index (χ1v) is 9.98. The molecule has 2 aromatic rings. The lowest BCUT2D eigenvalue weighted by Crippen LogP contribution is -2.37. The van der Waals surface area contributed by atoms with E-state index < -0.39 is 11.1 Å². The molecule has 1 amide bonds. The molecule has 156 valence electrons. The lowest BCUT2D eigenvalue weighted by molar-refractivity contribution is 0.0910. The van der Waals surface area contributed by atoms with Gasteiger partial charge in [-0.1, -0.05) is 12.1 Å². The number of carbonyl (C=O) groups is 2. The van der Waals surface area contributed by atoms with Gasteiger partial charge in [-0.15, -0.1) is 0 Å². The maximum atomic E-state index is 13.3. The first kappa shape index (κ1) is 20.1. The summed E-state index contributed by atoms with van der Waals surface area (Å²) in [6.07, 6.45) is 0.629. The van der Waals surface area contributed by atoms with Crippen LogP contribution in [-0.2, 0) is 6.42 Å². The van der Waals surface area contributed by atoms with Gasteiger partial charge in [0.2, 0.25) is 0 Å². The first-order valence-electron chi connectivity index (χ1n) is 9.98. The van der Waals surface area contributed by atoms with E-state index in [1.54, 1.807) is 40.1 Å². The Kier molecular flexibility index (Phi) is 4.49. The molecule has 0 aromatic heterocycles. The molecule has 2 aliphatic rings. The molecule has 6 nitrogen and oxygen atoms in total. The van der Waals surface area contributed by atoms with Crippen molar-refractivity contribution in [1.82, 2.24) is 5.32 Å². The summed E-state index contributed by atoms with van der Waals surface area (Å²) < 4.78 is 11.7. The van der Waals surface area contributed by atoms with Crippen molar-refractivity contribution in [3.8, 4) is 11.5 Å². The van der Waals surface area contributed by atoms with Crippen molar-refractivity contribution < 1.29 is 19.1 Å². The van der Waals surface area contributed by atoms with Crippen LogP contribution in [0.15, 0.2) is 35.3 Å². The van der Waals surface area contributed by atoms with E-state index in [9.17, 15) is 9.59 Å². The third kappa shape index (κ3) is 3.07. The van der Waals surface area contributed by atoms with Gasteiger partial charge in [0.15, 0.2) is 17.3 Å². The average molecular weight is 406 g/mol. The van der Waals surface area contributed by atoms with Crippen LogP contribution in [0.25, 0.3) is 0 Å². The van der Waals surface area contributed by atoms with Crippen LogP contribution in [-0.4, -0.2) is 42.7 Å². The number of hydrogen-bond donors (Lipinski definition) is 1. The molecule has 2 aromatic carbocycles. The van der Waals surface area contributed by atoms with Gasteiger partial charge >= 0.3 is 0 Å². The standard InChI is InChI=1S/C24H26N2O4/c1-23(2)12-16-18-15(11-17(29-6)20(16)30-23)21(27)24(3,4)26-19(18)13-8-7-9-14(10-13)22(28)25-5/h7-11H,12H2,1-6H3,(H,25,28). The number of nitrogens with one attached hydrogen (secondary N) is 1. The van der Waals surface area contributed by atoms with Gasteiger partial charge in [0.1, 0.15) is 11.1 Å². The molecule has 0 spiro atoms. The summed E-state index contributed by atoms with van der Waals surface area (Å²) in [6, 6.07) is 9.07. The molecule has 0 aliphatic carbocycles. The van der Waals surface area contributed by atoms with Gasteiger partial charge in [-0.3, -0.25) is 14.6 Å². The average Bonchev–Trinajstić information content (AvgIpc) is 3.04. The molecule has 0 radical (unpaired) electrons. The SMILES string of the molecule is CNC(=O)c1cccc(C2=NC(C)(C)C(=O)c3cc(OC)c4c(c32)CC(C)(C)O4)c1. The molecule has 1 N–H and O–H groups in total. The Balaban J connectivity index is 2.01. The minimum absolute atomic E-state index is 0.0606. The van der Waals surface area contributed by atoms with Crippen LogP contribution in [0.1, 0.15) is 65.1 Å². The Morgan fingerprint density at radius 3 is 2.60 bits per heavy atom. The zero-order valence-electron chi connectivity index (χ0n) is 18.2. The zero-order chi connectivity index (χ0) is 21.8. The molecule has 0 atom stereocenters. The summed E-state index contributed by atoms with van der Waals surface area (Å²) in [5, 5.41) is 2.65. The van der Waals surface area contributed by atoms with Crippen molar-refractivity contribution in [3.63, 3.8) is 0 Å². The molecule has 2 heterocycles. The summed E-state index contributed by atoms with van der Waals surface area (Å²) in [5.41, 5.74) is 2.94. The topological polar surface area (TPSA) is 77.0 Å². The number of fused-ring (bicyclic) bond motifs is 3. The van der Waals surface area contributed by atoms with Crippen LogP contribution in [0.5, 0.6) is 11.5 Å². The van der Waals surface area contributed by atoms with Crippen molar-refractivity contribution >= 4 is 17.4 Å². The lowest BCUT2D eigenvalue weighted by atomic mass is 9.80. The van der Waals surface area contributed by atoms with Gasteiger partial charge < -0.3 is 14.8 Å². The van der Waals surface area contributed by atoms with Gasteiger partial charge in [0, 0.05) is 41.3 Å². The van der Waals surface area contributed by atoms with E-state index >= 15 is 0 Å². The van der Waals surface area contributed by atoms with Gasteiger partial charge in [-0.25, -0.2) is 0 Å².